The smallest absolute Gasteiger partial charge is 0.208 e. The fraction of sp³-hybridized carbons (Fsp3) is 0.571. The average Bonchev–Trinajstić information content (AvgIpc) is 2.31. The maximum absolute atomic E-state index is 12.4. The van der Waals surface area contributed by atoms with Crippen LogP contribution in [0.15, 0.2) is 27.6 Å². The fourth-order valence-corrected chi connectivity index (χ4v) is 4.89. The lowest BCUT2D eigenvalue weighted by Gasteiger charge is -2.21. The molecule has 112 valence electrons. The summed E-state index contributed by atoms with van der Waals surface area (Å²) in [5.74, 6) is 0. The van der Waals surface area contributed by atoms with Crippen molar-refractivity contribution in [2.45, 2.75) is 55.9 Å². The molecule has 0 spiro atoms. The van der Waals surface area contributed by atoms with Gasteiger partial charge in [-0.05, 0) is 31.0 Å². The summed E-state index contributed by atoms with van der Waals surface area (Å²) in [6.45, 7) is 0. The van der Waals surface area contributed by atoms with Gasteiger partial charge in [-0.15, -0.1) is 0 Å². The summed E-state index contributed by atoms with van der Waals surface area (Å²) in [6.07, 6.45) is 7.63. The molecule has 1 aromatic carbocycles. The second-order valence-electron chi connectivity index (χ2n) is 5.24. The Morgan fingerprint density at radius 2 is 1.70 bits per heavy atom. The number of rotatable bonds is 3. The molecule has 0 radical (unpaired) electrons. The van der Waals surface area contributed by atoms with Gasteiger partial charge >= 0.3 is 0 Å². The summed E-state index contributed by atoms with van der Waals surface area (Å²) in [4.78, 5) is 0.157. The van der Waals surface area contributed by atoms with Crippen molar-refractivity contribution in [3.8, 4) is 0 Å². The highest BCUT2D eigenvalue weighted by Crippen LogP contribution is 2.26. The van der Waals surface area contributed by atoms with Crippen molar-refractivity contribution in [2.75, 3.05) is 0 Å². The number of benzene rings is 1. The van der Waals surface area contributed by atoms with Crippen molar-refractivity contribution >= 4 is 37.6 Å². The Morgan fingerprint density at radius 1 is 1.10 bits per heavy atom. The Labute approximate surface area is 134 Å². The molecule has 1 aliphatic rings. The topological polar surface area (TPSA) is 46.2 Å². The lowest BCUT2D eigenvalue weighted by Crippen LogP contribution is -2.35. The van der Waals surface area contributed by atoms with Gasteiger partial charge in [0.15, 0.2) is 0 Å². The van der Waals surface area contributed by atoms with Crippen LogP contribution >= 0.6 is 27.5 Å². The van der Waals surface area contributed by atoms with Crippen LogP contribution in [0.25, 0.3) is 0 Å². The number of hydrogen-bond acceptors (Lipinski definition) is 2. The van der Waals surface area contributed by atoms with Crippen molar-refractivity contribution in [1.82, 2.24) is 4.72 Å². The van der Waals surface area contributed by atoms with Gasteiger partial charge in [0.05, 0.1) is 5.02 Å². The molecule has 20 heavy (non-hydrogen) atoms. The van der Waals surface area contributed by atoms with Crippen LogP contribution in [0.3, 0.4) is 0 Å². The fourth-order valence-electron chi connectivity index (χ4n) is 2.55. The van der Waals surface area contributed by atoms with E-state index < -0.39 is 10.0 Å². The van der Waals surface area contributed by atoms with E-state index in [1.165, 1.54) is 25.3 Å². The molecule has 0 unspecified atom stereocenters. The Balaban J connectivity index is 2.13. The average molecular weight is 381 g/mol. The molecule has 3 nitrogen and oxygen atoms in total. The van der Waals surface area contributed by atoms with E-state index in [0.717, 1.165) is 30.2 Å². The van der Waals surface area contributed by atoms with Crippen LogP contribution in [0.5, 0.6) is 0 Å². The minimum Gasteiger partial charge on any atom is -0.208 e. The molecule has 1 aliphatic carbocycles. The predicted molar refractivity (Wildman–Crippen MR) is 85.6 cm³/mol. The second kappa shape index (κ2) is 7.25. The minimum atomic E-state index is -3.54. The van der Waals surface area contributed by atoms with Gasteiger partial charge in [0.25, 0.3) is 0 Å². The van der Waals surface area contributed by atoms with Gasteiger partial charge < -0.3 is 0 Å². The summed E-state index contributed by atoms with van der Waals surface area (Å²) >= 11 is 9.32. The monoisotopic (exact) mass is 379 g/mol. The molecule has 0 aliphatic heterocycles. The molecular weight excluding hydrogens is 362 g/mol. The van der Waals surface area contributed by atoms with Crippen LogP contribution in [-0.2, 0) is 10.0 Å². The first kappa shape index (κ1) is 16.3. The van der Waals surface area contributed by atoms with Crippen molar-refractivity contribution in [1.29, 1.82) is 0 Å². The molecule has 0 bridgehead atoms. The van der Waals surface area contributed by atoms with Crippen molar-refractivity contribution < 1.29 is 8.42 Å². The van der Waals surface area contributed by atoms with Crippen LogP contribution in [-0.4, -0.2) is 14.5 Å². The van der Waals surface area contributed by atoms with Crippen molar-refractivity contribution in [3.63, 3.8) is 0 Å². The summed E-state index contributed by atoms with van der Waals surface area (Å²) in [6, 6.07) is 4.87. The minimum absolute atomic E-state index is 0.0278. The van der Waals surface area contributed by atoms with Crippen molar-refractivity contribution in [2.24, 2.45) is 0 Å². The van der Waals surface area contributed by atoms with E-state index in [-0.39, 0.29) is 16.0 Å². The molecule has 0 aromatic heterocycles. The van der Waals surface area contributed by atoms with E-state index in [4.69, 9.17) is 11.6 Å². The highest BCUT2D eigenvalue weighted by Gasteiger charge is 2.22. The third kappa shape index (κ3) is 4.45. The van der Waals surface area contributed by atoms with Gasteiger partial charge in [0.1, 0.15) is 4.90 Å². The zero-order valence-electron chi connectivity index (χ0n) is 11.2. The maximum Gasteiger partial charge on any atom is 0.242 e. The zero-order valence-corrected chi connectivity index (χ0v) is 14.4. The van der Waals surface area contributed by atoms with Gasteiger partial charge in [0.2, 0.25) is 10.0 Å². The van der Waals surface area contributed by atoms with Crippen LogP contribution in [0.1, 0.15) is 44.9 Å². The molecule has 1 aromatic rings. The zero-order chi connectivity index (χ0) is 14.6. The maximum atomic E-state index is 12.4. The van der Waals surface area contributed by atoms with Crippen LogP contribution in [0.4, 0.5) is 0 Å². The van der Waals surface area contributed by atoms with Gasteiger partial charge in [-0.25, -0.2) is 13.1 Å². The van der Waals surface area contributed by atoms with Gasteiger partial charge in [0, 0.05) is 10.5 Å². The SMILES string of the molecule is O=S(=O)(NC1CCCCCCC1)c1ccc(Br)cc1Cl. The van der Waals surface area contributed by atoms with E-state index >= 15 is 0 Å². The number of halogens is 2. The van der Waals surface area contributed by atoms with Crippen molar-refractivity contribution in [3.05, 3.63) is 27.7 Å². The lowest BCUT2D eigenvalue weighted by atomic mass is 9.97. The van der Waals surface area contributed by atoms with E-state index in [1.54, 1.807) is 12.1 Å². The summed E-state index contributed by atoms with van der Waals surface area (Å²) in [5, 5.41) is 0.248. The first-order chi connectivity index (χ1) is 9.49. The van der Waals surface area contributed by atoms with Crippen LogP contribution < -0.4 is 4.72 Å². The van der Waals surface area contributed by atoms with Gasteiger partial charge in [-0.2, -0.15) is 0 Å². The van der Waals surface area contributed by atoms with Crippen LogP contribution in [0.2, 0.25) is 5.02 Å². The molecule has 0 atom stereocenters. The van der Waals surface area contributed by atoms with E-state index in [2.05, 4.69) is 20.7 Å². The van der Waals surface area contributed by atoms with Gasteiger partial charge in [-0.1, -0.05) is 59.6 Å². The molecule has 0 heterocycles. The second-order valence-corrected chi connectivity index (χ2v) is 8.24. The molecule has 0 saturated heterocycles. The number of sulfonamides is 1. The molecule has 0 amide bonds. The van der Waals surface area contributed by atoms with Gasteiger partial charge in [-0.3, -0.25) is 0 Å². The molecule has 1 fully saturated rings. The number of nitrogens with one attached hydrogen (secondary N) is 1. The van der Waals surface area contributed by atoms with E-state index in [1.807, 2.05) is 0 Å². The third-order valence-electron chi connectivity index (χ3n) is 3.61. The Bertz CT molecular complexity index is 554. The Morgan fingerprint density at radius 3 is 2.30 bits per heavy atom. The lowest BCUT2D eigenvalue weighted by molar-refractivity contribution is 0.426. The summed E-state index contributed by atoms with van der Waals surface area (Å²) < 4.78 is 28.4. The highest BCUT2D eigenvalue weighted by atomic mass is 79.9. The molecule has 1 N–H and O–H groups in total. The quantitative estimate of drug-likeness (QED) is 0.839. The summed E-state index contributed by atoms with van der Waals surface area (Å²) in [5.41, 5.74) is 0. The standard InChI is InChI=1S/C14H19BrClNO2S/c15-11-8-9-14(13(16)10-11)20(18,19)17-12-6-4-2-1-3-5-7-12/h8-10,12,17H,1-7H2. The molecular formula is C14H19BrClNO2S. The largest absolute Gasteiger partial charge is 0.242 e. The third-order valence-corrected chi connectivity index (χ3v) is 6.11. The summed E-state index contributed by atoms with van der Waals surface area (Å²) in [7, 11) is -3.54. The molecule has 1 saturated carbocycles. The number of hydrogen-bond donors (Lipinski definition) is 1. The first-order valence-corrected chi connectivity index (χ1v) is 9.62. The Kier molecular flexibility index (Phi) is 5.90. The Hall–Kier alpha value is -0.100. The molecule has 2 rings (SSSR count). The normalized spacial score (nSPS) is 18.5. The first-order valence-electron chi connectivity index (χ1n) is 6.96. The van der Waals surface area contributed by atoms with E-state index in [9.17, 15) is 8.42 Å². The predicted octanol–water partition coefficient (Wildman–Crippen LogP) is 4.49. The van der Waals surface area contributed by atoms with E-state index in [0.29, 0.717) is 0 Å². The van der Waals surface area contributed by atoms with Crippen LogP contribution in [0, 0.1) is 0 Å². The highest BCUT2D eigenvalue weighted by molar-refractivity contribution is 9.10. The molecule has 6 heteroatoms.